The van der Waals surface area contributed by atoms with Crippen LogP contribution in [0, 0.1) is 6.92 Å². The zero-order chi connectivity index (χ0) is 14.4. The van der Waals surface area contributed by atoms with E-state index in [2.05, 4.69) is 15.6 Å². The van der Waals surface area contributed by atoms with Gasteiger partial charge in [0, 0.05) is 28.2 Å². The van der Waals surface area contributed by atoms with Gasteiger partial charge in [-0.3, -0.25) is 0 Å². The van der Waals surface area contributed by atoms with Crippen LogP contribution < -0.4 is 10.6 Å². The van der Waals surface area contributed by atoms with E-state index in [0.29, 0.717) is 5.69 Å². The summed E-state index contributed by atoms with van der Waals surface area (Å²) in [6.07, 6.45) is 0. The molecule has 1 aromatic carbocycles. The molecule has 20 heavy (non-hydrogen) atoms. The number of urea groups is 1. The van der Waals surface area contributed by atoms with Gasteiger partial charge in [-0.15, -0.1) is 11.3 Å². The van der Waals surface area contributed by atoms with Crippen LogP contribution in [0.2, 0.25) is 0 Å². The molecule has 2 amide bonds. The molecule has 0 aliphatic rings. The SMILES string of the molecule is Cc1csc(Sc2ccc(NC(=O)NCCO)cc2)n1. The summed E-state index contributed by atoms with van der Waals surface area (Å²) in [5, 5.41) is 15.8. The molecule has 5 nitrogen and oxygen atoms in total. The number of carbonyl (C=O) groups excluding carboxylic acids is 1. The van der Waals surface area contributed by atoms with Crippen molar-refractivity contribution < 1.29 is 9.90 Å². The van der Waals surface area contributed by atoms with Gasteiger partial charge in [0.1, 0.15) is 0 Å². The highest BCUT2D eigenvalue weighted by Crippen LogP contribution is 2.30. The van der Waals surface area contributed by atoms with E-state index in [4.69, 9.17) is 5.11 Å². The van der Waals surface area contributed by atoms with Crippen molar-refractivity contribution in [2.45, 2.75) is 16.2 Å². The van der Waals surface area contributed by atoms with Crippen LogP contribution in [0.25, 0.3) is 0 Å². The predicted molar refractivity (Wildman–Crippen MR) is 81.5 cm³/mol. The van der Waals surface area contributed by atoms with E-state index in [0.717, 1.165) is 14.9 Å². The molecule has 0 saturated heterocycles. The molecule has 0 unspecified atom stereocenters. The molecule has 0 saturated carbocycles. The third kappa shape index (κ3) is 4.52. The highest BCUT2D eigenvalue weighted by molar-refractivity contribution is 8.01. The Hall–Kier alpha value is -1.57. The Balaban J connectivity index is 1.91. The lowest BCUT2D eigenvalue weighted by Gasteiger charge is -2.06. The van der Waals surface area contributed by atoms with Crippen molar-refractivity contribution >= 4 is 34.8 Å². The molecule has 106 valence electrons. The summed E-state index contributed by atoms with van der Waals surface area (Å²) in [5.41, 5.74) is 1.73. The Morgan fingerprint density at radius 2 is 2.15 bits per heavy atom. The molecule has 0 fully saturated rings. The minimum atomic E-state index is -0.324. The maximum atomic E-state index is 11.4. The van der Waals surface area contributed by atoms with Crippen molar-refractivity contribution in [3.05, 3.63) is 35.3 Å². The van der Waals surface area contributed by atoms with Crippen LogP contribution in [0.5, 0.6) is 0 Å². The summed E-state index contributed by atoms with van der Waals surface area (Å²) in [7, 11) is 0. The lowest BCUT2D eigenvalue weighted by Crippen LogP contribution is -2.30. The number of thiazole rings is 1. The fourth-order valence-electron chi connectivity index (χ4n) is 1.43. The number of aromatic nitrogens is 1. The van der Waals surface area contributed by atoms with Crippen LogP contribution in [0.15, 0.2) is 38.9 Å². The average Bonchev–Trinajstić information content (AvgIpc) is 2.84. The first-order chi connectivity index (χ1) is 9.67. The largest absolute Gasteiger partial charge is 0.395 e. The van der Waals surface area contributed by atoms with Gasteiger partial charge < -0.3 is 15.7 Å². The second-order valence-corrected chi connectivity index (χ2v) is 6.16. The minimum absolute atomic E-state index is 0.0732. The Morgan fingerprint density at radius 1 is 1.40 bits per heavy atom. The number of aryl methyl sites for hydroxylation is 1. The number of rotatable bonds is 5. The van der Waals surface area contributed by atoms with Gasteiger partial charge in [0.2, 0.25) is 0 Å². The lowest BCUT2D eigenvalue weighted by atomic mass is 10.3. The van der Waals surface area contributed by atoms with Gasteiger partial charge in [-0.25, -0.2) is 9.78 Å². The van der Waals surface area contributed by atoms with Crippen LogP contribution in [-0.2, 0) is 0 Å². The zero-order valence-corrected chi connectivity index (χ0v) is 12.6. The van der Waals surface area contributed by atoms with Crippen molar-refractivity contribution in [3.63, 3.8) is 0 Å². The number of hydrogen-bond donors (Lipinski definition) is 3. The summed E-state index contributed by atoms with van der Waals surface area (Å²) in [6.45, 7) is 2.14. The number of carbonyl (C=O) groups is 1. The smallest absolute Gasteiger partial charge is 0.319 e. The Morgan fingerprint density at radius 3 is 2.75 bits per heavy atom. The summed E-state index contributed by atoms with van der Waals surface area (Å²) in [5.74, 6) is 0. The average molecular weight is 309 g/mol. The van der Waals surface area contributed by atoms with Crippen molar-refractivity contribution in [3.8, 4) is 0 Å². The number of amides is 2. The molecule has 1 heterocycles. The topological polar surface area (TPSA) is 74.2 Å². The number of aliphatic hydroxyl groups excluding tert-OH is 1. The van der Waals surface area contributed by atoms with E-state index in [1.807, 2.05) is 36.6 Å². The molecule has 0 atom stereocenters. The standard InChI is InChI=1S/C13H15N3O2S2/c1-9-8-19-13(15-9)20-11-4-2-10(3-5-11)16-12(18)14-6-7-17/h2-5,8,17H,6-7H2,1H3,(H2,14,16,18). The summed E-state index contributed by atoms with van der Waals surface area (Å²) in [4.78, 5) is 16.9. The Bertz CT molecular complexity index is 569. The van der Waals surface area contributed by atoms with E-state index < -0.39 is 0 Å². The summed E-state index contributed by atoms with van der Waals surface area (Å²) >= 11 is 3.21. The maximum Gasteiger partial charge on any atom is 0.319 e. The van der Waals surface area contributed by atoms with Gasteiger partial charge in [-0.1, -0.05) is 11.8 Å². The quantitative estimate of drug-likeness (QED) is 0.794. The highest BCUT2D eigenvalue weighted by atomic mass is 32.2. The van der Waals surface area contributed by atoms with Crippen molar-refractivity contribution in [1.82, 2.24) is 10.3 Å². The normalized spacial score (nSPS) is 10.3. The van der Waals surface area contributed by atoms with Crippen LogP contribution in [-0.4, -0.2) is 29.3 Å². The number of anilines is 1. The fourth-order valence-corrected chi connectivity index (χ4v) is 3.24. The molecule has 0 spiro atoms. The Kier molecular flexibility index (Phi) is 5.40. The molecule has 3 N–H and O–H groups in total. The fraction of sp³-hybridized carbons (Fsp3) is 0.231. The second-order valence-electron chi connectivity index (χ2n) is 3.99. The first-order valence-electron chi connectivity index (χ1n) is 6.03. The number of aliphatic hydroxyl groups is 1. The predicted octanol–water partition coefficient (Wildman–Crippen LogP) is 2.72. The number of nitrogens with one attached hydrogen (secondary N) is 2. The van der Waals surface area contributed by atoms with Crippen LogP contribution >= 0.6 is 23.1 Å². The van der Waals surface area contributed by atoms with Crippen molar-refractivity contribution in [1.29, 1.82) is 0 Å². The zero-order valence-electron chi connectivity index (χ0n) is 10.9. The van der Waals surface area contributed by atoms with Crippen LogP contribution in [0.3, 0.4) is 0 Å². The van der Waals surface area contributed by atoms with Crippen LogP contribution in [0.1, 0.15) is 5.69 Å². The van der Waals surface area contributed by atoms with Gasteiger partial charge in [0.05, 0.1) is 6.61 Å². The number of hydrogen-bond acceptors (Lipinski definition) is 5. The van der Waals surface area contributed by atoms with Gasteiger partial charge in [0.25, 0.3) is 0 Å². The van der Waals surface area contributed by atoms with Crippen molar-refractivity contribution in [2.75, 3.05) is 18.5 Å². The molecule has 1 aromatic heterocycles. The van der Waals surface area contributed by atoms with Crippen molar-refractivity contribution in [2.24, 2.45) is 0 Å². The van der Waals surface area contributed by atoms with E-state index in [9.17, 15) is 4.79 Å². The first-order valence-corrected chi connectivity index (χ1v) is 7.73. The molecule has 2 aromatic rings. The van der Waals surface area contributed by atoms with E-state index in [1.54, 1.807) is 23.1 Å². The van der Waals surface area contributed by atoms with Gasteiger partial charge in [-0.2, -0.15) is 0 Å². The third-order valence-electron chi connectivity index (χ3n) is 2.31. The van der Waals surface area contributed by atoms with E-state index in [1.165, 1.54) is 0 Å². The highest BCUT2D eigenvalue weighted by Gasteiger charge is 2.03. The molecular weight excluding hydrogens is 294 g/mol. The maximum absolute atomic E-state index is 11.4. The molecule has 0 radical (unpaired) electrons. The summed E-state index contributed by atoms with van der Waals surface area (Å²) < 4.78 is 1.00. The molecule has 7 heteroatoms. The molecule has 0 aliphatic carbocycles. The van der Waals surface area contributed by atoms with Gasteiger partial charge >= 0.3 is 6.03 Å². The third-order valence-corrected chi connectivity index (χ3v) is 4.38. The molecular formula is C13H15N3O2S2. The number of nitrogens with zero attached hydrogens (tertiary/aromatic N) is 1. The van der Waals surface area contributed by atoms with Gasteiger partial charge in [-0.05, 0) is 31.2 Å². The molecule has 2 rings (SSSR count). The number of benzene rings is 1. The minimum Gasteiger partial charge on any atom is -0.395 e. The molecule has 0 aliphatic heterocycles. The Labute approximate surface area is 125 Å². The van der Waals surface area contributed by atoms with Crippen LogP contribution in [0.4, 0.5) is 10.5 Å². The second kappa shape index (κ2) is 7.28. The van der Waals surface area contributed by atoms with Gasteiger partial charge in [0.15, 0.2) is 4.34 Å². The summed E-state index contributed by atoms with van der Waals surface area (Å²) in [6, 6.07) is 7.21. The van der Waals surface area contributed by atoms with E-state index >= 15 is 0 Å². The first kappa shape index (κ1) is 14.8. The van der Waals surface area contributed by atoms with E-state index in [-0.39, 0.29) is 19.2 Å². The molecule has 0 bridgehead atoms. The lowest BCUT2D eigenvalue weighted by molar-refractivity contribution is 0.245. The monoisotopic (exact) mass is 309 g/mol.